The van der Waals surface area contributed by atoms with E-state index in [9.17, 15) is 4.79 Å². The summed E-state index contributed by atoms with van der Waals surface area (Å²) in [7, 11) is 0. The van der Waals surface area contributed by atoms with Crippen LogP contribution in [-0.2, 0) is 0 Å². The molecule has 0 aliphatic carbocycles. The van der Waals surface area contributed by atoms with Crippen LogP contribution in [0.4, 0.5) is 0 Å². The predicted octanol–water partition coefficient (Wildman–Crippen LogP) is 7.31. The first-order chi connectivity index (χ1) is 15.6. The van der Waals surface area contributed by atoms with Crippen LogP contribution in [0.15, 0.2) is 91.1 Å². The van der Waals surface area contributed by atoms with Gasteiger partial charge in [-0.1, -0.05) is 66.2 Å². The van der Waals surface area contributed by atoms with E-state index < -0.39 is 0 Å². The van der Waals surface area contributed by atoms with Crippen LogP contribution in [0.5, 0.6) is 0 Å². The summed E-state index contributed by atoms with van der Waals surface area (Å²) in [5.41, 5.74) is 5.80. The number of ketones is 1. The normalized spacial score (nSPS) is 11.4. The van der Waals surface area contributed by atoms with Gasteiger partial charge in [-0.05, 0) is 54.5 Å². The standard InChI is InChI=1S/C28H19ClN2O/c1-18-27(26(32)15-12-19-16-17-30-24-8-4-2-6-22(19)24)28(20-10-13-21(29)14-11-20)23-7-3-5-9-25(23)31-18/h2-17H,1H3/b15-12+. The molecule has 154 valence electrons. The van der Waals surface area contributed by atoms with Crippen LogP contribution in [0.3, 0.4) is 0 Å². The van der Waals surface area contributed by atoms with Gasteiger partial charge >= 0.3 is 0 Å². The lowest BCUT2D eigenvalue weighted by molar-refractivity contribution is 0.104. The zero-order chi connectivity index (χ0) is 22.1. The lowest BCUT2D eigenvalue weighted by Crippen LogP contribution is -2.05. The Balaban J connectivity index is 1.67. The largest absolute Gasteiger partial charge is 0.289 e. The van der Waals surface area contributed by atoms with Gasteiger partial charge in [-0.25, -0.2) is 0 Å². The first-order valence-electron chi connectivity index (χ1n) is 10.3. The second-order valence-corrected chi connectivity index (χ2v) is 8.02. The smallest absolute Gasteiger partial charge is 0.188 e. The number of hydrogen-bond acceptors (Lipinski definition) is 3. The molecule has 0 N–H and O–H groups in total. The van der Waals surface area contributed by atoms with Crippen LogP contribution in [0.25, 0.3) is 39.0 Å². The number of carbonyl (C=O) groups is 1. The Hall–Kier alpha value is -3.82. The van der Waals surface area contributed by atoms with Crippen molar-refractivity contribution in [1.29, 1.82) is 0 Å². The number of allylic oxidation sites excluding steroid dienone is 1. The van der Waals surface area contributed by atoms with Crippen molar-refractivity contribution in [1.82, 2.24) is 9.97 Å². The Morgan fingerprint density at radius 2 is 1.53 bits per heavy atom. The summed E-state index contributed by atoms with van der Waals surface area (Å²) in [6, 6.07) is 25.3. The Labute approximate surface area is 191 Å². The average molecular weight is 435 g/mol. The minimum Gasteiger partial charge on any atom is -0.289 e. The molecular formula is C28H19ClN2O. The summed E-state index contributed by atoms with van der Waals surface area (Å²) >= 11 is 6.12. The lowest BCUT2D eigenvalue weighted by Gasteiger charge is -2.14. The molecule has 32 heavy (non-hydrogen) atoms. The third-order valence-electron chi connectivity index (χ3n) is 5.55. The number of hydrogen-bond donors (Lipinski definition) is 0. The summed E-state index contributed by atoms with van der Waals surface area (Å²) in [6.45, 7) is 1.88. The summed E-state index contributed by atoms with van der Waals surface area (Å²) in [5, 5.41) is 2.60. The second-order valence-electron chi connectivity index (χ2n) is 7.59. The molecule has 0 spiro atoms. The highest BCUT2D eigenvalue weighted by molar-refractivity contribution is 6.30. The third kappa shape index (κ3) is 3.68. The molecule has 0 amide bonds. The molecule has 3 aromatic carbocycles. The second kappa shape index (κ2) is 8.37. The predicted molar refractivity (Wildman–Crippen MR) is 132 cm³/mol. The number of benzene rings is 3. The van der Waals surface area contributed by atoms with Gasteiger partial charge < -0.3 is 0 Å². The van der Waals surface area contributed by atoms with Crippen LogP contribution >= 0.6 is 11.6 Å². The van der Waals surface area contributed by atoms with Crippen molar-refractivity contribution in [3.63, 3.8) is 0 Å². The maximum absolute atomic E-state index is 13.5. The number of aromatic nitrogens is 2. The minimum atomic E-state index is -0.0911. The van der Waals surface area contributed by atoms with E-state index in [2.05, 4.69) is 4.98 Å². The van der Waals surface area contributed by atoms with Gasteiger partial charge in [0.05, 0.1) is 16.6 Å². The fourth-order valence-corrected chi connectivity index (χ4v) is 4.19. The van der Waals surface area contributed by atoms with Crippen molar-refractivity contribution < 1.29 is 4.79 Å². The number of aryl methyl sites for hydroxylation is 1. The van der Waals surface area contributed by atoms with Crippen LogP contribution in [0.1, 0.15) is 21.6 Å². The molecular weight excluding hydrogens is 416 g/mol. The van der Waals surface area contributed by atoms with Gasteiger partial charge in [0.1, 0.15) is 0 Å². The number of para-hydroxylation sites is 2. The van der Waals surface area contributed by atoms with Gasteiger partial charge in [0.15, 0.2) is 5.78 Å². The number of carbonyl (C=O) groups excluding carboxylic acids is 1. The number of halogens is 1. The summed E-state index contributed by atoms with van der Waals surface area (Å²) < 4.78 is 0. The minimum absolute atomic E-state index is 0.0911. The van der Waals surface area contributed by atoms with Crippen molar-refractivity contribution >= 4 is 45.3 Å². The SMILES string of the molecule is Cc1nc2ccccc2c(-c2ccc(Cl)cc2)c1C(=O)/C=C/c1ccnc2ccccc12. The maximum Gasteiger partial charge on any atom is 0.188 e. The van der Waals surface area contributed by atoms with Gasteiger partial charge in [0.25, 0.3) is 0 Å². The first-order valence-corrected chi connectivity index (χ1v) is 10.7. The molecule has 0 fully saturated rings. The Morgan fingerprint density at radius 1 is 0.844 bits per heavy atom. The van der Waals surface area contributed by atoms with E-state index in [1.165, 1.54) is 0 Å². The molecule has 2 heterocycles. The van der Waals surface area contributed by atoms with Crippen molar-refractivity contribution in [3.8, 4) is 11.1 Å². The monoisotopic (exact) mass is 434 g/mol. The molecule has 0 saturated heterocycles. The van der Waals surface area contributed by atoms with Crippen molar-refractivity contribution in [2.24, 2.45) is 0 Å². The molecule has 2 aromatic heterocycles. The highest BCUT2D eigenvalue weighted by Crippen LogP contribution is 2.34. The number of pyridine rings is 2. The Kier molecular flexibility index (Phi) is 5.26. The van der Waals surface area contributed by atoms with Crippen molar-refractivity contribution in [2.45, 2.75) is 6.92 Å². The third-order valence-corrected chi connectivity index (χ3v) is 5.80. The molecule has 0 aliphatic rings. The van der Waals surface area contributed by atoms with Crippen LogP contribution in [0, 0.1) is 6.92 Å². The highest BCUT2D eigenvalue weighted by atomic mass is 35.5. The molecule has 5 rings (SSSR count). The summed E-state index contributed by atoms with van der Waals surface area (Å²) in [6.07, 6.45) is 5.24. The fourth-order valence-electron chi connectivity index (χ4n) is 4.06. The van der Waals surface area contributed by atoms with Crippen LogP contribution in [-0.4, -0.2) is 15.8 Å². The maximum atomic E-state index is 13.5. The first kappa shape index (κ1) is 20.1. The van der Waals surface area contributed by atoms with Crippen LogP contribution < -0.4 is 0 Å². The molecule has 0 atom stereocenters. The topological polar surface area (TPSA) is 42.9 Å². The fraction of sp³-hybridized carbons (Fsp3) is 0.0357. The highest BCUT2D eigenvalue weighted by Gasteiger charge is 2.19. The average Bonchev–Trinajstić information content (AvgIpc) is 2.82. The van der Waals surface area contributed by atoms with Gasteiger partial charge in [-0.2, -0.15) is 0 Å². The molecule has 3 nitrogen and oxygen atoms in total. The molecule has 0 saturated carbocycles. The van der Waals surface area contributed by atoms with Gasteiger partial charge in [0, 0.05) is 33.2 Å². The van der Waals surface area contributed by atoms with E-state index in [-0.39, 0.29) is 5.78 Å². The summed E-state index contributed by atoms with van der Waals surface area (Å²) in [5.74, 6) is -0.0911. The van der Waals surface area contributed by atoms with E-state index in [0.717, 1.165) is 38.5 Å². The zero-order valence-corrected chi connectivity index (χ0v) is 18.2. The molecule has 0 radical (unpaired) electrons. The number of rotatable bonds is 4. The number of fused-ring (bicyclic) bond motifs is 2. The quantitative estimate of drug-likeness (QED) is 0.220. The van der Waals surface area contributed by atoms with Crippen molar-refractivity contribution in [3.05, 3.63) is 113 Å². The van der Waals surface area contributed by atoms with E-state index in [1.54, 1.807) is 12.3 Å². The molecule has 0 bridgehead atoms. The van der Waals surface area contributed by atoms with Crippen molar-refractivity contribution in [2.75, 3.05) is 0 Å². The molecule has 0 aliphatic heterocycles. The molecule has 5 aromatic rings. The van der Waals surface area contributed by atoms with E-state index in [1.807, 2.05) is 91.9 Å². The van der Waals surface area contributed by atoms with E-state index in [0.29, 0.717) is 16.3 Å². The van der Waals surface area contributed by atoms with Gasteiger partial charge in [-0.3, -0.25) is 14.8 Å². The van der Waals surface area contributed by atoms with E-state index >= 15 is 0 Å². The molecule has 4 heteroatoms. The zero-order valence-electron chi connectivity index (χ0n) is 17.4. The van der Waals surface area contributed by atoms with E-state index in [4.69, 9.17) is 16.6 Å². The summed E-state index contributed by atoms with van der Waals surface area (Å²) in [4.78, 5) is 22.6. The van der Waals surface area contributed by atoms with Gasteiger partial charge in [0.2, 0.25) is 0 Å². The molecule has 0 unspecified atom stereocenters. The van der Waals surface area contributed by atoms with Crippen LogP contribution in [0.2, 0.25) is 5.02 Å². The number of nitrogens with zero attached hydrogens (tertiary/aromatic N) is 2. The lowest BCUT2D eigenvalue weighted by atomic mass is 9.92. The Bertz CT molecular complexity index is 1500. The van der Waals surface area contributed by atoms with Gasteiger partial charge in [-0.15, -0.1) is 0 Å². The Morgan fingerprint density at radius 3 is 2.31 bits per heavy atom.